The number of benzene rings is 1. The summed E-state index contributed by atoms with van der Waals surface area (Å²) in [7, 11) is 0. The second-order valence-electron chi connectivity index (χ2n) is 4.85. The van der Waals surface area contributed by atoms with Gasteiger partial charge in [-0.15, -0.1) is 23.1 Å². The summed E-state index contributed by atoms with van der Waals surface area (Å²) in [6.07, 6.45) is 0. The zero-order valence-corrected chi connectivity index (χ0v) is 13.7. The number of thiophene rings is 1. The first-order chi connectivity index (χ1) is 10.7. The van der Waals surface area contributed by atoms with Crippen molar-refractivity contribution in [1.29, 1.82) is 0 Å². The van der Waals surface area contributed by atoms with Crippen molar-refractivity contribution in [1.82, 2.24) is 0 Å². The van der Waals surface area contributed by atoms with Gasteiger partial charge in [0.2, 0.25) is 0 Å². The van der Waals surface area contributed by atoms with Gasteiger partial charge in [-0.3, -0.25) is 4.79 Å². The van der Waals surface area contributed by atoms with Gasteiger partial charge in [0.15, 0.2) is 0 Å². The summed E-state index contributed by atoms with van der Waals surface area (Å²) < 4.78 is 5.03. The number of fused-ring (bicyclic) bond motifs is 2. The average Bonchev–Trinajstić information content (AvgIpc) is 2.93. The van der Waals surface area contributed by atoms with E-state index in [-0.39, 0.29) is 11.2 Å². The van der Waals surface area contributed by atoms with Gasteiger partial charge in [0, 0.05) is 12.7 Å². The second-order valence-corrected chi connectivity index (χ2v) is 6.98. The second kappa shape index (κ2) is 6.54. The minimum atomic E-state index is -0.245. The summed E-state index contributed by atoms with van der Waals surface area (Å²) >= 11 is 3.36. The van der Waals surface area contributed by atoms with Crippen molar-refractivity contribution in [3.05, 3.63) is 51.7 Å². The van der Waals surface area contributed by atoms with Gasteiger partial charge in [-0.25, -0.2) is 4.99 Å². The van der Waals surface area contributed by atoms with Gasteiger partial charge in [-0.1, -0.05) is 18.2 Å². The molecule has 0 bridgehead atoms. The lowest BCUT2D eigenvalue weighted by atomic mass is 10.0. The smallest absolute Gasteiger partial charge is 0.302 e. The number of para-hydroxylation sites is 1. The van der Waals surface area contributed by atoms with Gasteiger partial charge >= 0.3 is 5.97 Å². The fourth-order valence-corrected chi connectivity index (χ4v) is 4.51. The predicted molar refractivity (Wildman–Crippen MR) is 92.1 cm³/mol. The molecule has 2 heterocycles. The highest BCUT2D eigenvalue weighted by molar-refractivity contribution is 7.99. The number of ether oxygens (including phenoxy) is 1. The molecule has 0 radical (unpaired) electrons. The Morgan fingerprint density at radius 2 is 2.18 bits per heavy atom. The quantitative estimate of drug-likeness (QED) is 0.687. The molecule has 0 spiro atoms. The first-order valence-corrected chi connectivity index (χ1v) is 8.85. The molecule has 1 aliphatic rings. The van der Waals surface area contributed by atoms with Gasteiger partial charge in [0.05, 0.1) is 15.8 Å². The van der Waals surface area contributed by atoms with Crippen LogP contribution in [0.3, 0.4) is 0 Å². The van der Waals surface area contributed by atoms with Gasteiger partial charge < -0.3 is 10.5 Å². The SMILES string of the molecule is CC(=O)OCCSC1c2ccccc2N=C(N)c2sccc21. The van der Waals surface area contributed by atoms with E-state index >= 15 is 0 Å². The molecule has 1 aromatic carbocycles. The van der Waals surface area contributed by atoms with Crippen molar-refractivity contribution in [3.8, 4) is 0 Å². The van der Waals surface area contributed by atoms with Crippen LogP contribution >= 0.6 is 23.1 Å². The maximum absolute atomic E-state index is 10.9. The molecule has 6 heteroatoms. The van der Waals surface area contributed by atoms with Crippen LogP contribution in [0.15, 0.2) is 40.7 Å². The minimum absolute atomic E-state index is 0.151. The Bertz CT molecular complexity index is 724. The van der Waals surface area contributed by atoms with Crippen LogP contribution in [0.1, 0.15) is 28.2 Å². The number of nitrogens with zero attached hydrogens (tertiary/aromatic N) is 1. The van der Waals surface area contributed by atoms with Crippen LogP contribution in [-0.2, 0) is 9.53 Å². The minimum Gasteiger partial charge on any atom is -0.465 e. The highest BCUT2D eigenvalue weighted by atomic mass is 32.2. The fourth-order valence-electron chi connectivity index (χ4n) is 2.42. The molecule has 0 amide bonds. The Kier molecular flexibility index (Phi) is 4.49. The number of esters is 1. The lowest BCUT2D eigenvalue weighted by molar-refractivity contribution is -0.140. The number of nitrogens with two attached hydrogens (primary N) is 1. The Morgan fingerprint density at radius 3 is 3.00 bits per heavy atom. The normalized spacial score (nSPS) is 16.2. The summed E-state index contributed by atoms with van der Waals surface area (Å²) in [4.78, 5) is 16.5. The Balaban J connectivity index is 1.91. The third kappa shape index (κ3) is 3.03. The molecule has 1 aromatic heterocycles. The van der Waals surface area contributed by atoms with E-state index in [1.165, 1.54) is 12.5 Å². The molecule has 4 nitrogen and oxygen atoms in total. The van der Waals surface area contributed by atoms with Gasteiger partial charge in [-0.2, -0.15) is 0 Å². The number of hydrogen-bond acceptors (Lipinski definition) is 6. The maximum Gasteiger partial charge on any atom is 0.302 e. The zero-order chi connectivity index (χ0) is 15.5. The highest BCUT2D eigenvalue weighted by Crippen LogP contribution is 2.44. The predicted octanol–water partition coefficient (Wildman–Crippen LogP) is 3.48. The molecular formula is C16H16N2O2S2. The molecule has 22 heavy (non-hydrogen) atoms. The first kappa shape index (κ1) is 15.1. The topological polar surface area (TPSA) is 64.7 Å². The molecular weight excluding hydrogens is 316 g/mol. The van der Waals surface area contributed by atoms with Gasteiger partial charge in [0.25, 0.3) is 0 Å². The van der Waals surface area contributed by atoms with Crippen LogP contribution in [-0.4, -0.2) is 24.2 Å². The van der Waals surface area contributed by atoms with E-state index in [0.717, 1.165) is 21.9 Å². The van der Waals surface area contributed by atoms with Gasteiger partial charge in [0.1, 0.15) is 12.4 Å². The van der Waals surface area contributed by atoms with Crippen molar-refractivity contribution in [3.63, 3.8) is 0 Å². The molecule has 0 aliphatic carbocycles. The molecule has 2 N–H and O–H groups in total. The van der Waals surface area contributed by atoms with E-state index in [1.807, 2.05) is 23.6 Å². The van der Waals surface area contributed by atoms with E-state index in [1.54, 1.807) is 23.1 Å². The van der Waals surface area contributed by atoms with E-state index in [4.69, 9.17) is 10.5 Å². The van der Waals surface area contributed by atoms with Crippen LogP contribution in [0.5, 0.6) is 0 Å². The Morgan fingerprint density at radius 1 is 1.36 bits per heavy atom. The van der Waals surface area contributed by atoms with Crippen LogP contribution in [0.2, 0.25) is 0 Å². The third-order valence-corrected chi connectivity index (χ3v) is 5.54. The standard InChI is InChI=1S/C16H16N2O2S2/c1-10(19)20-7-9-22-14-11-4-2-3-5-13(11)18-16(17)15-12(14)6-8-21-15/h2-6,8,14H,7,9H2,1H3,(H2,17,18). The van der Waals surface area contributed by atoms with Crippen LogP contribution in [0, 0.1) is 0 Å². The summed E-state index contributed by atoms with van der Waals surface area (Å²) in [5.74, 6) is 1.06. The fraction of sp³-hybridized carbons (Fsp3) is 0.250. The lowest BCUT2D eigenvalue weighted by Crippen LogP contribution is -2.12. The van der Waals surface area contributed by atoms with Crippen molar-refractivity contribution < 1.29 is 9.53 Å². The summed E-state index contributed by atoms with van der Waals surface area (Å²) in [5.41, 5.74) is 9.39. The van der Waals surface area contributed by atoms with E-state index < -0.39 is 0 Å². The number of rotatable bonds is 4. The number of amidine groups is 1. The largest absolute Gasteiger partial charge is 0.465 e. The van der Waals surface area contributed by atoms with Crippen LogP contribution < -0.4 is 5.73 Å². The number of carbonyl (C=O) groups is 1. The van der Waals surface area contributed by atoms with Crippen LogP contribution in [0.25, 0.3) is 0 Å². The van der Waals surface area contributed by atoms with Crippen molar-refractivity contribution in [2.75, 3.05) is 12.4 Å². The number of carbonyl (C=O) groups excluding carboxylic acids is 1. The molecule has 0 fully saturated rings. The molecule has 0 saturated heterocycles. The van der Waals surface area contributed by atoms with E-state index in [2.05, 4.69) is 17.1 Å². The zero-order valence-electron chi connectivity index (χ0n) is 12.1. The molecule has 1 atom stereocenters. The molecule has 114 valence electrons. The monoisotopic (exact) mass is 332 g/mol. The maximum atomic E-state index is 10.9. The van der Waals surface area contributed by atoms with Gasteiger partial charge in [-0.05, 0) is 28.6 Å². The number of aliphatic imine (C=N–C) groups is 1. The molecule has 3 rings (SSSR count). The number of hydrogen-bond donors (Lipinski definition) is 1. The van der Waals surface area contributed by atoms with Crippen molar-refractivity contribution >= 4 is 40.6 Å². The average molecular weight is 332 g/mol. The molecule has 1 unspecified atom stereocenters. The summed E-state index contributed by atoms with van der Waals surface area (Å²) in [6, 6.07) is 10.2. The van der Waals surface area contributed by atoms with E-state index in [9.17, 15) is 4.79 Å². The summed E-state index contributed by atoms with van der Waals surface area (Å²) in [6.45, 7) is 1.84. The first-order valence-electron chi connectivity index (χ1n) is 6.92. The van der Waals surface area contributed by atoms with Crippen molar-refractivity contribution in [2.45, 2.75) is 12.2 Å². The molecule has 1 aliphatic heterocycles. The third-order valence-electron chi connectivity index (χ3n) is 3.34. The number of thioether (sulfide) groups is 1. The molecule has 0 saturated carbocycles. The Labute approximate surface area is 137 Å². The highest BCUT2D eigenvalue weighted by Gasteiger charge is 2.25. The lowest BCUT2D eigenvalue weighted by Gasteiger charge is -2.17. The summed E-state index contributed by atoms with van der Waals surface area (Å²) in [5, 5.41) is 2.19. The van der Waals surface area contributed by atoms with Crippen LogP contribution in [0.4, 0.5) is 5.69 Å². The van der Waals surface area contributed by atoms with Crippen molar-refractivity contribution in [2.24, 2.45) is 10.7 Å². The molecule has 2 aromatic rings. The Hall–Kier alpha value is -1.79. The van der Waals surface area contributed by atoms with E-state index in [0.29, 0.717) is 12.4 Å².